The van der Waals surface area contributed by atoms with E-state index in [0.29, 0.717) is 37.5 Å². The van der Waals surface area contributed by atoms with Crippen LogP contribution in [0.25, 0.3) is 10.9 Å². The molecule has 1 aliphatic rings. The highest BCUT2D eigenvalue weighted by Gasteiger charge is 2.33. The number of ether oxygens (including phenoxy) is 1. The van der Waals surface area contributed by atoms with Gasteiger partial charge in [0.2, 0.25) is 5.91 Å². The molecule has 0 spiro atoms. The molecule has 3 aromatic rings. The van der Waals surface area contributed by atoms with Crippen molar-refractivity contribution in [2.75, 3.05) is 6.61 Å². The van der Waals surface area contributed by atoms with Crippen LogP contribution in [0.5, 0.6) is 5.75 Å². The topological polar surface area (TPSA) is 109 Å². The molecule has 1 aliphatic carbocycles. The lowest BCUT2D eigenvalue weighted by Gasteiger charge is -2.32. The summed E-state index contributed by atoms with van der Waals surface area (Å²) in [5, 5.41) is 16.4. The minimum Gasteiger partial charge on any atom is -0.493 e. The number of aryl methyl sites for hydroxylation is 1. The highest BCUT2D eigenvalue weighted by molar-refractivity contribution is 5.99. The molecule has 8 nitrogen and oxygen atoms in total. The van der Waals surface area contributed by atoms with E-state index in [2.05, 4.69) is 21.7 Å². The summed E-state index contributed by atoms with van der Waals surface area (Å²) in [6, 6.07) is 14.9. The number of pyridine rings is 1. The number of carbonyl (C=O) groups is 2. The molecule has 0 unspecified atom stereocenters. The van der Waals surface area contributed by atoms with Gasteiger partial charge < -0.3 is 19.9 Å². The van der Waals surface area contributed by atoms with Crippen molar-refractivity contribution in [3.8, 4) is 11.8 Å². The molecule has 8 heteroatoms. The largest absolute Gasteiger partial charge is 0.493 e. The van der Waals surface area contributed by atoms with Crippen LogP contribution >= 0.6 is 0 Å². The molecule has 2 N–H and O–H groups in total. The average Bonchev–Trinajstić information content (AvgIpc) is 3.24. The Morgan fingerprint density at radius 3 is 2.74 bits per heavy atom. The van der Waals surface area contributed by atoms with Crippen molar-refractivity contribution in [2.45, 2.75) is 64.5 Å². The van der Waals surface area contributed by atoms with Crippen molar-refractivity contribution in [1.82, 2.24) is 20.2 Å². The molecule has 200 valence electrons. The van der Waals surface area contributed by atoms with Crippen LogP contribution in [0.3, 0.4) is 0 Å². The molecule has 3 atom stereocenters. The van der Waals surface area contributed by atoms with Crippen LogP contribution < -0.4 is 15.4 Å². The molecule has 0 bridgehead atoms. The maximum atomic E-state index is 13.4. The Bertz CT molecular complexity index is 1290. The van der Waals surface area contributed by atoms with Crippen LogP contribution in [0.4, 0.5) is 0 Å². The van der Waals surface area contributed by atoms with Gasteiger partial charge in [0.15, 0.2) is 0 Å². The molecule has 0 radical (unpaired) electrons. The number of carbonyl (C=O) groups excluding carboxylic acids is 2. The van der Waals surface area contributed by atoms with Gasteiger partial charge in [0.25, 0.3) is 5.91 Å². The predicted octanol–water partition coefficient (Wildman–Crippen LogP) is 4.54. The number of nitrogens with zero attached hydrogens (tertiary/aromatic N) is 3. The Hall–Kier alpha value is -3.86. The van der Waals surface area contributed by atoms with Crippen LogP contribution in [-0.2, 0) is 18.3 Å². The Morgan fingerprint density at radius 2 is 2.00 bits per heavy atom. The van der Waals surface area contributed by atoms with E-state index < -0.39 is 6.04 Å². The van der Waals surface area contributed by atoms with Crippen molar-refractivity contribution < 1.29 is 14.3 Å². The predicted molar refractivity (Wildman–Crippen MR) is 147 cm³/mol. The number of hydrogen-bond acceptors (Lipinski definition) is 5. The Labute approximate surface area is 224 Å². The van der Waals surface area contributed by atoms with Gasteiger partial charge in [0.05, 0.1) is 24.1 Å². The molecular weight excluding hydrogens is 478 g/mol. The van der Waals surface area contributed by atoms with Crippen molar-refractivity contribution in [3.05, 3.63) is 60.0 Å². The number of hydrogen-bond donors (Lipinski definition) is 2. The van der Waals surface area contributed by atoms with Gasteiger partial charge in [-0.25, -0.2) is 0 Å². The van der Waals surface area contributed by atoms with Gasteiger partial charge >= 0.3 is 0 Å². The summed E-state index contributed by atoms with van der Waals surface area (Å²) in [5.74, 6) is 0.348. The van der Waals surface area contributed by atoms with Crippen molar-refractivity contribution in [2.24, 2.45) is 18.9 Å². The number of aromatic nitrogens is 2. The van der Waals surface area contributed by atoms with E-state index >= 15 is 0 Å². The van der Waals surface area contributed by atoms with Gasteiger partial charge in [-0.05, 0) is 55.5 Å². The lowest BCUT2D eigenvalue weighted by molar-refractivity contribution is -0.127. The van der Waals surface area contributed by atoms with E-state index in [-0.39, 0.29) is 23.8 Å². The highest BCUT2D eigenvalue weighted by atomic mass is 16.5. The van der Waals surface area contributed by atoms with Crippen LogP contribution in [0.15, 0.2) is 48.7 Å². The summed E-state index contributed by atoms with van der Waals surface area (Å²) >= 11 is 0. The SMILES string of the molecule is CC(C)C[C@@H](C#N)NC(=O)[C@@H]1CCCC[C@@H]1NC(=O)c1cc2ccc(OCCc3ccccn3)cc2n1C. The fourth-order valence-corrected chi connectivity index (χ4v) is 5.19. The molecule has 4 rings (SSSR count). The molecule has 1 fully saturated rings. The fourth-order valence-electron chi connectivity index (χ4n) is 5.19. The lowest BCUT2D eigenvalue weighted by Crippen LogP contribution is -2.50. The van der Waals surface area contributed by atoms with Crippen LogP contribution in [-0.4, -0.2) is 40.1 Å². The van der Waals surface area contributed by atoms with E-state index in [1.54, 1.807) is 6.20 Å². The first-order valence-corrected chi connectivity index (χ1v) is 13.5. The van der Waals surface area contributed by atoms with Crippen LogP contribution in [0.2, 0.25) is 0 Å². The van der Waals surface area contributed by atoms with E-state index in [0.717, 1.165) is 41.6 Å². The van der Waals surface area contributed by atoms with E-state index in [1.807, 2.05) is 67.9 Å². The fraction of sp³-hybridized carbons (Fsp3) is 0.467. The summed E-state index contributed by atoms with van der Waals surface area (Å²) in [7, 11) is 1.86. The first-order valence-electron chi connectivity index (χ1n) is 13.5. The van der Waals surface area contributed by atoms with Gasteiger partial charge in [0, 0.05) is 42.9 Å². The third-order valence-electron chi connectivity index (χ3n) is 7.20. The number of nitriles is 1. The number of benzene rings is 1. The molecule has 2 amide bonds. The summed E-state index contributed by atoms with van der Waals surface area (Å²) in [6.07, 6.45) is 6.42. The van der Waals surface area contributed by atoms with Crippen molar-refractivity contribution in [3.63, 3.8) is 0 Å². The standard InChI is InChI=1S/C30H37N5O3/c1-20(2)16-23(19-31)33-29(36)25-9-4-5-10-26(25)34-30(37)28-17-21-11-12-24(18-27(21)35(28)3)38-15-13-22-8-6-7-14-32-22/h6-8,11-12,14,17-18,20,23,25-26H,4-5,9-10,13,15-16H2,1-3H3,(H,33,36)(H,34,37)/t23-,25+,26-/m0/s1. The minimum absolute atomic E-state index is 0.147. The van der Waals surface area contributed by atoms with E-state index in [4.69, 9.17) is 4.74 Å². The quantitative estimate of drug-likeness (QED) is 0.412. The molecule has 2 heterocycles. The van der Waals surface area contributed by atoms with Crippen molar-refractivity contribution >= 4 is 22.7 Å². The minimum atomic E-state index is -0.515. The van der Waals surface area contributed by atoms with Gasteiger partial charge in [0.1, 0.15) is 17.5 Å². The molecule has 0 saturated heterocycles. The van der Waals surface area contributed by atoms with Gasteiger partial charge in [-0.1, -0.05) is 32.8 Å². The Morgan fingerprint density at radius 1 is 1.18 bits per heavy atom. The second kappa shape index (κ2) is 12.6. The average molecular weight is 516 g/mol. The van der Waals surface area contributed by atoms with Crippen LogP contribution in [0, 0.1) is 23.2 Å². The van der Waals surface area contributed by atoms with E-state index in [9.17, 15) is 14.9 Å². The second-order valence-corrected chi connectivity index (χ2v) is 10.5. The van der Waals surface area contributed by atoms with Gasteiger partial charge in [-0.3, -0.25) is 14.6 Å². The third kappa shape index (κ3) is 6.71. The maximum Gasteiger partial charge on any atom is 0.268 e. The van der Waals surface area contributed by atoms with Gasteiger partial charge in [-0.2, -0.15) is 5.26 Å². The first-order chi connectivity index (χ1) is 18.4. The third-order valence-corrected chi connectivity index (χ3v) is 7.20. The zero-order valence-corrected chi connectivity index (χ0v) is 22.4. The molecule has 0 aliphatic heterocycles. The number of fused-ring (bicyclic) bond motifs is 1. The number of amides is 2. The second-order valence-electron chi connectivity index (χ2n) is 10.5. The van der Waals surface area contributed by atoms with Gasteiger partial charge in [-0.15, -0.1) is 0 Å². The zero-order chi connectivity index (χ0) is 27.1. The smallest absolute Gasteiger partial charge is 0.268 e. The first kappa shape index (κ1) is 27.2. The molecule has 38 heavy (non-hydrogen) atoms. The summed E-state index contributed by atoms with van der Waals surface area (Å²) in [4.78, 5) is 30.7. The summed E-state index contributed by atoms with van der Waals surface area (Å²) < 4.78 is 7.81. The highest BCUT2D eigenvalue weighted by Crippen LogP contribution is 2.27. The molecule has 2 aromatic heterocycles. The van der Waals surface area contributed by atoms with Crippen LogP contribution in [0.1, 0.15) is 62.1 Å². The summed E-state index contributed by atoms with van der Waals surface area (Å²) in [6.45, 7) is 4.57. The Balaban J connectivity index is 1.42. The maximum absolute atomic E-state index is 13.4. The zero-order valence-electron chi connectivity index (χ0n) is 22.4. The Kier molecular flexibility index (Phi) is 9.01. The van der Waals surface area contributed by atoms with E-state index in [1.165, 1.54) is 0 Å². The lowest BCUT2D eigenvalue weighted by atomic mass is 9.83. The molecular formula is C30H37N5O3. The number of rotatable bonds is 10. The molecule has 1 aromatic carbocycles. The normalized spacial score (nSPS) is 18.1. The molecule has 1 saturated carbocycles. The summed E-state index contributed by atoms with van der Waals surface area (Å²) in [5.41, 5.74) is 2.41. The van der Waals surface area contributed by atoms with Crippen molar-refractivity contribution in [1.29, 1.82) is 5.26 Å². The monoisotopic (exact) mass is 515 g/mol. The number of nitrogens with one attached hydrogen (secondary N) is 2.